The molecule has 0 bridgehead atoms. The smallest absolute Gasteiger partial charge is 0.165 e. The van der Waals surface area contributed by atoms with Gasteiger partial charge < -0.3 is 9.67 Å². The number of aryl methyl sites for hydroxylation is 1. The first-order valence-corrected chi connectivity index (χ1v) is 9.29. The first kappa shape index (κ1) is 18.8. The Morgan fingerprint density at radius 3 is 2.73 bits per heavy atom. The lowest BCUT2D eigenvalue weighted by atomic mass is 9.75. The number of Topliss-reactive ketones (excluding diaryl/α,β-unsaturated/α-hetero) is 2. The molecule has 0 fully saturated rings. The quantitative estimate of drug-likeness (QED) is 0.759. The number of carbonyl (C=O) groups is 2. The predicted molar refractivity (Wildman–Crippen MR) is 98.9 cm³/mol. The van der Waals surface area contributed by atoms with Gasteiger partial charge in [-0.25, -0.2) is 4.39 Å². The van der Waals surface area contributed by atoms with E-state index in [1.165, 1.54) is 12.1 Å². The molecule has 4 nitrogen and oxygen atoms in total. The van der Waals surface area contributed by atoms with E-state index in [1.54, 1.807) is 6.07 Å². The Bertz CT molecular complexity index is 851. The molecule has 1 aliphatic rings. The normalized spacial score (nSPS) is 16.1. The van der Waals surface area contributed by atoms with Crippen LogP contribution in [0.2, 0.25) is 0 Å². The van der Waals surface area contributed by atoms with Gasteiger partial charge in [0.15, 0.2) is 11.6 Å². The molecule has 140 valence electrons. The zero-order chi connectivity index (χ0) is 18.9. The minimum atomic E-state index is -0.390. The highest BCUT2D eigenvalue weighted by molar-refractivity contribution is 6.10. The lowest BCUT2D eigenvalue weighted by Gasteiger charge is -2.29. The van der Waals surface area contributed by atoms with Crippen LogP contribution < -0.4 is 0 Å². The van der Waals surface area contributed by atoms with E-state index < -0.39 is 6.61 Å². The Morgan fingerprint density at radius 2 is 2.00 bits per heavy atom. The molecule has 0 saturated heterocycles. The molecular formula is C21H26FNO3. The SMILES string of the molecule is CC1(C)CC(=O)c2c(n(CCCCCC(=O)CO)c3ccc(F)cc23)C1. The van der Waals surface area contributed by atoms with Crippen LogP contribution in [-0.4, -0.2) is 27.8 Å². The Labute approximate surface area is 153 Å². The second-order valence-corrected chi connectivity index (χ2v) is 8.08. The number of aromatic nitrogens is 1. The van der Waals surface area contributed by atoms with Crippen molar-refractivity contribution in [3.63, 3.8) is 0 Å². The number of benzene rings is 1. The van der Waals surface area contributed by atoms with Crippen LogP contribution >= 0.6 is 0 Å². The van der Waals surface area contributed by atoms with Crippen molar-refractivity contribution >= 4 is 22.5 Å². The topological polar surface area (TPSA) is 59.3 Å². The van der Waals surface area contributed by atoms with Crippen molar-refractivity contribution in [2.24, 2.45) is 5.41 Å². The molecule has 1 aromatic carbocycles. The molecule has 1 aromatic heterocycles. The molecule has 5 heteroatoms. The zero-order valence-corrected chi connectivity index (χ0v) is 15.5. The summed E-state index contributed by atoms with van der Waals surface area (Å²) in [5.74, 6) is -0.353. The summed E-state index contributed by atoms with van der Waals surface area (Å²) in [5.41, 5.74) is 2.52. The summed E-state index contributed by atoms with van der Waals surface area (Å²) in [6.07, 6.45) is 4.18. The fraction of sp³-hybridized carbons (Fsp3) is 0.524. The fourth-order valence-electron chi connectivity index (χ4n) is 4.02. The number of hydrogen-bond donors (Lipinski definition) is 1. The molecule has 0 aliphatic heterocycles. The number of halogens is 1. The summed E-state index contributed by atoms with van der Waals surface area (Å²) >= 11 is 0. The first-order chi connectivity index (χ1) is 12.3. The van der Waals surface area contributed by atoms with Gasteiger partial charge in [0.25, 0.3) is 0 Å². The molecule has 1 heterocycles. The van der Waals surface area contributed by atoms with E-state index in [-0.39, 0.29) is 22.8 Å². The summed E-state index contributed by atoms with van der Waals surface area (Å²) in [6.45, 7) is 4.54. The standard InChI is InChI=1S/C21H26FNO3/c1-21(2)11-18-20(19(26)12-21)16-10-14(22)7-8-17(16)23(18)9-5-3-4-6-15(25)13-24/h7-8,10,24H,3-6,9,11-13H2,1-2H3. The van der Waals surface area contributed by atoms with Crippen LogP contribution in [0.5, 0.6) is 0 Å². The van der Waals surface area contributed by atoms with Gasteiger partial charge in [-0.2, -0.15) is 0 Å². The molecule has 1 N–H and O–H groups in total. The third-order valence-corrected chi connectivity index (χ3v) is 5.21. The number of hydrogen-bond acceptors (Lipinski definition) is 3. The highest BCUT2D eigenvalue weighted by Gasteiger charge is 2.35. The van der Waals surface area contributed by atoms with E-state index >= 15 is 0 Å². The Hall–Kier alpha value is -2.01. The summed E-state index contributed by atoms with van der Waals surface area (Å²) in [7, 11) is 0. The molecule has 2 aromatic rings. The van der Waals surface area contributed by atoms with E-state index in [2.05, 4.69) is 18.4 Å². The van der Waals surface area contributed by atoms with Gasteiger partial charge in [0.2, 0.25) is 0 Å². The van der Waals surface area contributed by atoms with Gasteiger partial charge in [-0.15, -0.1) is 0 Å². The molecule has 0 unspecified atom stereocenters. The molecule has 0 saturated carbocycles. The second-order valence-electron chi connectivity index (χ2n) is 8.08. The average Bonchev–Trinajstić information content (AvgIpc) is 2.85. The summed E-state index contributed by atoms with van der Waals surface area (Å²) in [6, 6.07) is 4.68. The predicted octanol–water partition coefficient (Wildman–Crippen LogP) is 4.06. The molecular weight excluding hydrogens is 333 g/mol. The van der Waals surface area contributed by atoms with Crippen molar-refractivity contribution in [3.8, 4) is 0 Å². The van der Waals surface area contributed by atoms with Gasteiger partial charge in [0.05, 0.1) is 0 Å². The number of unbranched alkanes of at least 4 members (excludes halogenated alkanes) is 2. The van der Waals surface area contributed by atoms with E-state index in [9.17, 15) is 14.0 Å². The minimum Gasteiger partial charge on any atom is -0.389 e. The second kappa shape index (κ2) is 7.31. The number of rotatable bonds is 7. The molecule has 0 amide bonds. The number of aliphatic hydroxyl groups is 1. The summed E-state index contributed by atoms with van der Waals surface area (Å²) < 4.78 is 15.9. The summed E-state index contributed by atoms with van der Waals surface area (Å²) in [4.78, 5) is 23.9. The van der Waals surface area contributed by atoms with E-state index in [0.717, 1.165) is 48.8 Å². The molecule has 0 atom stereocenters. The van der Waals surface area contributed by atoms with Crippen LogP contribution in [0.1, 0.15) is 62.0 Å². The zero-order valence-electron chi connectivity index (χ0n) is 15.5. The third kappa shape index (κ3) is 3.73. The highest BCUT2D eigenvalue weighted by Crippen LogP contribution is 2.40. The van der Waals surface area contributed by atoms with Gasteiger partial charge in [0.1, 0.15) is 12.4 Å². The maximum absolute atomic E-state index is 13.8. The largest absolute Gasteiger partial charge is 0.389 e. The third-order valence-electron chi connectivity index (χ3n) is 5.21. The monoisotopic (exact) mass is 359 g/mol. The van der Waals surface area contributed by atoms with Gasteiger partial charge in [0, 0.05) is 41.5 Å². The maximum atomic E-state index is 13.8. The minimum absolute atomic E-state index is 0.0949. The lowest BCUT2D eigenvalue weighted by Crippen LogP contribution is -2.28. The van der Waals surface area contributed by atoms with Gasteiger partial charge >= 0.3 is 0 Å². The number of carbonyl (C=O) groups excluding carboxylic acids is 2. The average molecular weight is 359 g/mol. The number of fused-ring (bicyclic) bond motifs is 3. The fourth-order valence-corrected chi connectivity index (χ4v) is 4.02. The first-order valence-electron chi connectivity index (χ1n) is 9.29. The molecule has 0 radical (unpaired) electrons. The van der Waals surface area contributed by atoms with Crippen LogP contribution in [0.3, 0.4) is 0 Å². The Balaban J connectivity index is 1.87. The van der Waals surface area contributed by atoms with Crippen molar-refractivity contribution in [1.29, 1.82) is 0 Å². The van der Waals surface area contributed by atoms with E-state index in [4.69, 9.17) is 5.11 Å². The van der Waals surface area contributed by atoms with Crippen molar-refractivity contribution in [1.82, 2.24) is 4.57 Å². The highest BCUT2D eigenvalue weighted by atomic mass is 19.1. The van der Waals surface area contributed by atoms with Crippen LogP contribution in [0, 0.1) is 11.2 Å². The van der Waals surface area contributed by atoms with Gasteiger partial charge in [-0.3, -0.25) is 9.59 Å². The van der Waals surface area contributed by atoms with Crippen molar-refractivity contribution < 1.29 is 19.1 Å². The van der Waals surface area contributed by atoms with Crippen molar-refractivity contribution in [3.05, 3.63) is 35.3 Å². The molecule has 26 heavy (non-hydrogen) atoms. The number of ketones is 2. The molecule has 3 rings (SSSR count). The van der Waals surface area contributed by atoms with Crippen LogP contribution in [-0.2, 0) is 17.8 Å². The Kier molecular flexibility index (Phi) is 5.28. The van der Waals surface area contributed by atoms with Crippen LogP contribution in [0.4, 0.5) is 4.39 Å². The van der Waals surface area contributed by atoms with Crippen LogP contribution in [0.15, 0.2) is 18.2 Å². The molecule has 0 spiro atoms. The number of nitrogens with zero attached hydrogens (tertiary/aromatic N) is 1. The maximum Gasteiger partial charge on any atom is 0.165 e. The number of aliphatic hydroxyl groups excluding tert-OH is 1. The van der Waals surface area contributed by atoms with Gasteiger partial charge in [-0.1, -0.05) is 20.3 Å². The van der Waals surface area contributed by atoms with Crippen LogP contribution in [0.25, 0.3) is 10.9 Å². The van der Waals surface area contributed by atoms with E-state index in [0.29, 0.717) is 18.4 Å². The van der Waals surface area contributed by atoms with Crippen molar-refractivity contribution in [2.45, 2.75) is 58.9 Å². The van der Waals surface area contributed by atoms with E-state index in [1.807, 2.05) is 0 Å². The van der Waals surface area contributed by atoms with Gasteiger partial charge in [-0.05, 0) is 42.9 Å². The lowest BCUT2D eigenvalue weighted by molar-refractivity contribution is -0.121. The molecule has 1 aliphatic carbocycles. The van der Waals surface area contributed by atoms with Crippen molar-refractivity contribution in [2.75, 3.05) is 6.61 Å². The summed E-state index contributed by atoms with van der Waals surface area (Å²) in [5, 5.41) is 9.49. The Morgan fingerprint density at radius 1 is 1.23 bits per heavy atom.